The first-order valence-electron chi connectivity index (χ1n) is 9.71. The molecule has 28 heavy (non-hydrogen) atoms. The molecule has 0 aromatic carbocycles. The predicted molar refractivity (Wildman–Crippen MR) is 116 cm³/mol. The molecule has 1 aromatic rings. The first kappa shape index (κ1) is 19.7. The highest BCUT2D eigenvalue weighted by atomic mass is 16.1. The topological polar surface area (TPSA) is 48.5 Å². The lowest BCUT2D eigenvalue weighted by molar-refractivity contribution is -0.116. The van der Waals surface area contributed by atoms with Gasteiger partial charge in [0.1, 0.15) is 5.82 Å². The van der Waals surface area contributed by atoms with Crippen LogP contribution in [0.15, 0.2) is 67.7 Å². The van der Waals surface area contributed by atoms with Gasteiger partial charge in [0, 0.05) is 50.2 Å². The summed E-state index contributed by atoms with van der Waals surface area (Å²) >= 11 is 0. The third kappa shape index (κ3) is 4.80. The number of aryl methyl sites for hydroxylation is 1. The molecule has 0 radical (unpaired) electrons. The fourth-order valence-electron chi connectivity index (χ4n) is 3.55. The molecule has 1 aromatic heterocycles. The summed E-state index contributed by atoms with van der Waals surface area (Å²) in [5.74, 6) is 0.722. The van der Waals surface area contributed by atoms with Crippen LogP contribution in [0.4, 0.5) is 5.82 Å². The highest BCUT2D eigenvalue weighted by Gasteiger charge is 2.17. The number of aromatic nitrogens is 1. The van der Waals surface area contributed by atoms with Crippen molar-refractivity contribution >= 4 is 17.8 Å². The van der Waals surface area contributed by atoms with Crippen molar-refractivity contribution in [3.05, 3.63) is 78.8 Å². The quantitative estimate of drug-likeness (QED) is 0.768. The van der Waals surface area contributed by atoms with Gasteiger partial charge in [0.15, 0.2) is 0 Å². The van der Waals surface area contributed by atoms with Crippen molar-refractivity contribution in [2.75, 3.05) is 31.5 Å². The minimum atomic E-state index is 0.0365. The Hall–Kier alpha value is -3.08. The Morgan fingerprint density at radius 2 is 1.93 bits per heavy atom. The van der Waals surface area contributed by atoms with Gasteiger partial charge < -0.3 is 15.1 Å². The smallest absolute Gasteiger partial charge is 0.225 e. The second-order valence-corrected chi connectivity index (χ2v) is 7.01. The van der Waals surface area contributed by atoms with Crippen molar-refractivity contribution in [3.63, 3.8) is 0 Å². The minimum absolute atomic E-state index is 0.0365. The van der Waals surface area contributed by atoms with Crippen LogP contribution >= 0.6 is 0 Å². The van der Waals surface area contributed by atoms with Crippen LogP contribution in [-0.2, 0) is 11.2 Å². The van der Waals surface area contributed by atoms with Crippen LogP contribution in [0.25, 0.3) is 6.08 Å². The van der Waals surface area contributed by atoms with Crippen LogP contribution in [-0.4, -0.2) is 46.9 Å². The molecule has 5 nitrogen and oxygen atoms in total. The SMILES string of the molecule is C=C/C=C(\C=C)N1CCCN(C(=C)/C=C/c2cnc3c(c2)CCC(=O)N3)CC1. The van der Waals surface area contributed by atoms with Gasteiger partial charge >= 0.3 is 0 Å². The molecule has 0 atom stereocenters. The molecule has 0 bridgehead atoms. The molecule has 5 heteroatoms. The van der Waals surface area contributed by atoms with E-state index in [1.54, 1.807) is 12.3 Å². The Labute approximate surface area is 167 Å². The van der Waals surface area contributed by atoms with E-state index in [1.165, 1.54) is 0 Å². The van der Waals surface area contributed by atoms with Crippen LogP contribution in [0.5, 0.6) is 0 Å². The maximum atomic E-state index is 11.5. The van der Waals surface area contributed by atoms with E-state index in [2.05, 4.69) is 52.0 Å². The number of amides is 1. The number of allylic oxidation sites excluding steroid dienone is 4. The minimum Gasteiger partial charge on any atom is -0.370 e. The molecule has 0 aliphatic carbocycles. The number of pyridine rings is 1. The predicted octanol–water partition coefficient (Wildman–Crippen LogP) is 3.76. The van der Waals surface area contributed by atoms with Gasteiger partial charge in [-0.25, -0.2) is 4.98 Å². The first-order chi connectivity index (χ1) is 13.6. The highest BCUT2D eigenvalue weighted by Crippen LogP contribution is 2.22. The first-order valence-corrected chi connectivity index (χ1v) is 9.71. The van der Waals surface area contributed by atoms with E-state index < -0.39 is 0 Å². The number of nitrogens with zero attached hydrogens (tertiary/aromatic N) is 3. The molecule has 146 valence electrons. The summed E-state index contributed by atoms with van der Waals surface area (Å²) in [4.78, 5) is 20.5. The average molecular weight is 377 g/mol. The molecule has 2 aliphatic heterocycles. The molecule has 1 saturated heterocycles. The third-order valence-electron chi connectivity index (χ3n) is 5.10. The van der Waals surface area contributed by atoms with E-state index in [0.717, 1.165) is 61.5 Å². The average Bonchev–Trinajstić information content (AvgIpc) is 2.96. The van der Waals surface area contributed by atoms with Gasteiger partial charge in [-0.2, -0.15) is 0 Å². The van der Waals surface area contributed by atoms with Crippen molar-refractivity contribution in [1.82, 2.24) is 14.8 Å². The van der Waals surface area contributed by atoms with Crippen LogP contribution < -0.4 is 5.32 Å². The van der Waals surface area contributed by atoms with Gasteiger partial charge in [-0.15, -0.1) is 0 Å². The van der Waals surface area contributed by atoms with Gasteiger partial charge in [0.05, 0.1) is 0 Å². The fraction of sp³-hybridized carbons (Fsp3) is 0.304. The number of hydrogen-bond acceptors (Lipinski definition) is 4. The molecule has 3 rings (SSSR count). The molecule has 0 saturated carbocycles. The van der Waals surface area contributed by atoms with Crippen molar-refractivity contribution in [2.24, 2.45) is 0 Å². The van der Waals surface area contributed by atoms with Crippen molar-refractivity contribution < 1.29 is 4.79 Å². The second-order valence-electron chi connectivity index (χ2n) is 7.01. The van der Waals surface area contributed by atoms with Crippen LogP contribution in [0, 0.1) is 0 Å². The number of carbonyl (C=O) groups is 1. The third-order valence-corrected chi connectivity index (χ3v) is 5.10. The van der Waals surface area contributed by atoms with Crippen molar-refractivity contribution in [2.45, 2.75) is 19.3 Å². The van der Waals surface area contributed by atoms with Crippen LogP contribution in [0.2, 0.25) is 0 Å². The van der Waals surface area contributed by atoms with Crippen LogP contribution in [0.3, 0.4) is 0 Å². The number of anilines is 1. The van der Waals surface area contributed by atoms with Crippen molar-refractivity contribution in [3.8, 4) is 0 Å². The lowest BCUT2D eigenvalue weighted by Crippen LogP contribution is -2.29. The zero-order valence-corrected chi connectivity index (χ0v) is 16.4. The maximum absolute atomic E-state index is 11.5. The largest absolute Gasteiger partial charge is 0.370 e. The highest BCUT2D eigenvalue weighted by molar-refractivity contribution is 5.92. The van der Waals surface area contributed by atoms with Gasteiger partial charge in [-0.05, 0) is 48.3 Å². The Kier molecular flexibility index (Phi) is 6.48. The van der Waals surface area contributed by atoms with E-state index in [1.807, 2.05) is 18.2 Å². The number of carbonyl (C=O) groups excluding carboxylic acids is 1. The normalized spacial score (nSPS) is 17.7. The van der Waals surface area contributed by atoms with Gasteiger partial charge in [0.2, 0.25) is 5.91 Å². The second kappa shape index (κ2) is 9.22. The number of rotatable bonds is 6. The lowest BCUT2D eigenvalue weighted by atomic mass is 10.0. The summed E-state index contributed by atoms with van der Waals surface area (Å²) < 4.78 is 0. The Bertz CT molecular complexity index is 837. The van der Waals surface area contributed by atoms with E-state index in [-0.39, 0.29) is 5.91 Å². The molecular formula is C23H28N4O. The number of fused-ring (bicyclic) bond motifs is 1. The Morgan fingerprint density at radius 3 is 2.71 bits per heavy atom. The summed E-state index contributed by atoms with van der Waals surface area (Å²) in [5.41, 5.74) is 4.23. The zero-order chi connectivity index (χ0) is 19.9. The Morgan fingerprint density at radius 1 is 1.14 bits per heavy atom. The monoisotopic (exact) mass is 376 g/mol. The molecule has 3 heterocycles. The lowest BCUT2D eigenvalue weighted by Gasteiger charge is -2.25. The summed E-state index contributed by atoms with van der Waals surface area (Å²) in [5, 5.41) is 2.82. The molecule has 1 amide bonds. The van der Waals surface area contributed by atoms with Crippen molar-refractivity contribution in [1.29, 1.82) is 0 Å². The zero-order valence-electron chi connectivity index (χ0n) is 16.4. The number of nitrogens with one attached hydrogen (secondary N) is 1. The molecule has 1 fully saturated rings. The molecule has 0 spiro atoms. The fourth-order valence-corrected chi connectivity index (χ4v) is 3.55. The van der Waals surface area contributed by atoms with Crippen LogP contribution in [0.1, 0.15) is 24.0 Å². The number of hydrogen-bond donors (Lipinski definition) is 1. The maximum Gasteiger partial charge on any atom is 0.225 e. The summed E-state index contributed by atoms with van der Waals surface area (Å²) in [6.07, 6.45) is 13.9. The summed E-state index contributed by atoms with van der Waals surface area (Å²) in [6.45, 7) is 15.8. The van der Waals surface area contributed by atoms with Gasteiger partial charge in [0.25, 0.3) is 0 Å². The summed E-state index contributed by atoms with van der Waals surface area (Å²) in [6, 6.07) is 2.09. The van der Waals surface area contributed by atoms with E-state index in [0.29, 0.717) is 12.2 Å². The van der Waals surface area contributed by atoms with E-state index in [4.69, 9.17) is 0 Å². The van der Waals surface area contributed by atoms with Gasteiger partial charge in [-0.3, -0.25) is 4.79 Å². The van der Waals surface area contributed by atoms with E-state index in [9.17, 15) is 4.79 Å². The van der Waals surface area contributed by atoms with Gasteiger partial charge in [-0.1, -0.05) is 31.9 Å². The summed E-state index contributed by atoms with van der Waals surface area (Å²) in [7, 11) is 0. The van der Waals surface area contributed by atoms with E-state index >= 15 is 0 Å². The Balaban J connectivity index is 1.62. The molecular weight excluding hydrogens is 348 g/mol. The molecule has 1 N–H and O–H groups in total. The molecule has 2 aliphatic rings. The molecule has 0 unspecified atom stereocenters. The standard InChI is InChI=1S/C23H28N4O/c1-4-7-21(5-2)27-13-6-12-26(14-15-27)18(3)8-9-19-16-20-10-11-22(28)25-23(20)24-17-19/h4-5,7-9,16-17H,1-3,6,10-15H2,(H,24,25,28)/b9-8+,21-7+.